The number of rotatable bonds is 4. The molecule has 0 aliphatic heterocycles. The van der Waals surface area contributed by atoms with Crippen LogP contribution in [0.5, 0.6) is 0 Å². The van der Waals surface area contributed by atoms with Crippen LogP contribution in [0.3, 0.4) is 0 Å². The smallest absolute Gasteiger partial charge is 0.264 e. The number of benzene rings is 2. The third-order valence-electron chi connectivity index (χ3n) is 4.53. The second kappa shape index (κ2) is 6.85. The van der Waals surface area contributed by atoms with Gasteiger partial charge in [-0.3, -0.25) is 4.79 Å². The molecule has 0 aliphatic carbocycles. The third kappa shape index (κ3) is 2.76. The van der Waals surface area contributed by atoms with Crippen molar-refractivity contribution < 1.29 is 9.18 Å². The van der Waals surface area contributed by atoms with Crippen molar-refractivity contribution >= 4 is 11.6 Å². The SMILES string of the molecule is [C-]#[N+]c1c(-c2ccc(-c3ccccc3F)cc2)c(C(N)=O)n(C)c1CC. The lowest BCUT2D eigenvalue weighted by atomic mass is 9.98. The summed E-state index contributed by atoms with van der Waals surface area (Å²) in [5.74, 6) is -0.877. The second-order valence-corrected chi connectivity index (χ2v) is 5.96. The average Bonchev–Trinajstić information content (AvgIpc) is 2.94. The Morgan fingerprint density at radius 1 is 1.15 bits per heavy atom. The van der Waals surface area contributed by atoms with E-state index in [-0.39, 0.29) is 5.82 Å². The number of nitrogens with two attached hydrogens (primary N) is 1. The summed E-state index contributed by atoms with van der Waals surface area (Å²) in [5.41, 5.74) is 9.55. The molecule has 0 unspecified atom stereocenters. The molecule has 0 saturated heterocycles. The molecule has 1 amide bonds. The Morgan fingerprint density at radius 2 is 1.77 bits per heavy atom. The molecule has 3 rings (SSSR count). The normalized spacial score (nSPS) is 10.5. The summed E-state index contributed by atoms with van der Waals surface area (Å²) in [6, 6.07) is 13.7. The van der Waals surface area contributed by atoms with Crippen molar-refractivity contribution in [2.75, 3.05) is 0 Å². The first-order valence-corrected chi connectivity index (χ1v) is 8.23. The van der Waals surface area contributed by atoms with Crippen LogP contribution < -0.4 is 5.73 Å². The fourth-order valence-corrected chi connectivity index (χ4v) is 3.32. The van der Waals surface area contributed by atoms with Crippen LogP contribution in [0.15, 0.2) is 48.5 Å². The van der Waals surface area contributed by atoms with Crippen LogP contribution in [0.1, 0.15) is 23.1 Å². The molecule has 0 fully saturated rings. The maximum atomic E-state index is 14.0. The van der Waals surface area contributed by atoms with E-state index in [1.165, 1.54) is 6.07 Å². The van der Waals surface area contributed by atoms with Crippen LogP contribution in [0.25, 0.3) is 27.1 Å². The number of nitrogens with zero attached hydrogens (tertiary/aromatic N) is 2. The second-order valence-electron chi connectivity index (χ2n) is 5.96. The molecule has 2 N–H and O–H groups in total. The first-order valence-electron chi connectivity index (χ1n) is 8.23. The van der Waals surface area contributed by atoms with E-state index in [0.717, 1.165) is 11.3 Å². The highest BCUT2D eigenvalue weighted by atomic mass is 19.1. The van der Waals surface area contributed by atoms with Gasteiger partial charge in [-0.1, -0.05) is 49.4 Å². The van der Waals surface area contributed by atoms with Gasteiger partial charge in [0.1, 0.15) is 11.5 Å². The number of carbonyl (C=O) groups is 1. The Kier molecular flexibility index (Phi) is 4.59. The molecule has 0 saturated carbocycles. The number of hydrogen-bond donors (Lipinski definition) is 1. The molecule has 130 valence electrons. The Bertz CT molecular complexity index is 1030. The Labute approximate surface area is 151 Å². The molecule has 0 bridgehead atoms. The van der Waals surface area contributed by atoms with E-state index in [1.807, 2.05) is 6.92 Å². The van der Waals surface area contributed by atoms with Gasteiger partial charge in [0.2, 0.25) is 5.69 Å². The van der Waals surface area contributed by atoms with Gasteiger partial charge in [-0.25, -0.2) is 9.24 Å². The lowest BCUT2D eigenvalue weighted by Gasteiger charge is -2.08. The molecule has 0 aliphatic rings. The summed E-state index contributed by atoms with van der Waals surface area (Å²) in [7, 11) is 1.74. The van der Waals surface area contributed by atoms with Gasteiger partial charge >= 0.3 is 0 Å². The predicted molar refractivity (Wildman–Crippen MR) is 100 cm³/mol. The van der Waals surface area contributed by atoms with Gasteiger partial charge in [-0.2, -0.15) is 0 Å². The fourth-order valence-electron chi connectivity index (χ4n) is 3.32. The summed E-state index contributed by atoms with van der Waals surface area (Å²) in [4.78, 5) is 15.6. The molecule has 0 radical (unpaired) electrons. The van der Waals surface area contributed by atoms with Crippen LogP contribution in [-0.4, -0.2) is 10.5 Å². The van der Waals surface area contributed by atoms with Gasteiger partial charge in [0.15, 0.2) is 0 Å². The minimum absolute atomic E-state index is 0.298. The van der Waals surface area contributed by atoms with Crippen molar-refractivity contribution in [3.63, 3.8) is 0 Å². The standard InChI is InChI=1S/C21H18FN3O/c1-4-17-19(24-2)18(20(21(23)26)25(17)3)14-11-9-13(10-12-14)15-7-5-6-8-16(15)22/h5-12H,4H2,1,3H3,(H2,23,26). The molecule has 3 aromatic rings. The summed E-state index contributed by atoms with van der Waals surface area (Å²) in [6.45, 7) is 9.47. The minimum atomic E-state index is -0.578. The Morgan fingerprint density at radius 3 is 2.31 bits per heavy atom. The molecule has 1 heterocycles. The van der Waals surface area contributed by atoms with Crippen LogP contribution >= 0.6 is 0 Å². The van der Waals surface area contributed by atoms with E-state index >= 15 is 0 Å². The van der Waals surface area contributed by atoms with E-state index < -0.39 is 5.91 Å². The maximum absolute atomic E-state index is 14.0. The number of primary amides is 1. The van der Waals surface area contributed by atoms with Gasteiger partial charge in [0.25, 0.3) is 5.91 Å². The highest BCUT2D eigenvalue weighted by Gasteiger charge is 2.24. The molecule has 0 atom stereocenters. The van der Waals surface area contributed by atoms with Crippen LogP contribution in [0.2, 0.25) is 0 Å². The average molecular weight is 347 g/mol. The predicted octanol–water partition coefficient (Wildman–Crippen LogP) is 4.71. The number of carbonyl (C=O) groups excluding carboxylic acids is 1. The molecular weight excluding hydrogens is 329 g/mol. The first-order chi connectivity index (χ1) is 12.5. The number of amides is 1. The summed E-state index contributed by atoms with van der Waals surface area (Å²) < 4.78 is 15.7. The van der Waals surface area contributed by atoms with E-state index in [4.69, 9.17) is 12.3 Å². The lowest BCUT2D eigenvalue weighted by molar-refractivity contribution is 0.0993. The number of halogens is 1. The van der Waals surface area contributed by atoms with E-state index in [0.29, 0.717) is 34.5 Å². The highest BCUT2D eigenvalue weighted by molar-refractivity contribution is 6.03. The van der Waals surface area contributed by atoms with E-state index in [9.17, 15) is 9.18 Å². The molecule has 1 aromatic heterocycles. The minimum Gasteiger partial charge on any atom is -0.364 e. The van der Waals surface area contributed by atoms with E-state index in [2.05, 4.69) is 4.85 Å². The van der Waals surface area contributed by atoms with Crippen molar-refractivity contribution in [3.8, 4) is 22.3 Å². The van der Waals surface area contributed by atoms with Gasteiger partial charge < -0.3 is 10.3 Å². The van der Waals surface area contributed by atoms with Gasteiger partial charge in [0.05, 0.1) is 6.57 Å². The van der Waals surface area contributed by atoms with Crippen molar-refractivity contribution in [2.45, 2.75) is 13.3 Å². The van der Waals surface area contributed by atoms with Crippen molar-refractivity contribution in [3.05, 3.63) is 77.2 Å². The monoisotopic (exact) mass is 347 g/mol. The molecular formula is C21H18FN3O. The van der Waals surface area contributed by atoms with Gasteiger partial charge in [0, 0.05) is 23.9 Å². The molecule has 5 heteroatoms. The Balaban J connectivity index is 2.18. The molecule has 2 aromatic carbocycles. The van der Waals surface area contributed by atoms with Crippen molar-refractivity contribution in [1.29, 1.82) is 0 Å². The zero-order valence-electron chi connectivity index (χ0n) is 14.6. The largest absolute Gasteiger partial charge is 0.364 e. The fraction of sp³-hybridized carbons (Fsp3) is 0.143. The molecule has 4 nitrogen and oxygen atoms in total. The van der Waals surface area contributed by atoms with Crippen molar-refractivity contribution in [2.24, 2.45) is 12.8 Å². The quantitative estimate of drug-likeness (QED) is 0.683. The lowest BCUT2D eigenvalue weighted by Crippen LogP contribution is -2.17. The third-order valence-corrected chi connectivity index (χ3v) is 4.53. The zero-order valence-corrected chi connectivity index (χ0v) is 14.6. The Hall–Kier alpha value is -3.39. The molecule has 26 heavy (non-hydrogen) atoms. The summed E-state index contributed by atoms with van der Waals surface area (Å²) in [5, 5.41) is 0. The van der Waals surface area contributed by atoms with Crippen molar-refractivity contribution in [1.82, 2.24) is 4.57 Å². The van der Waals surface area contributed by atoms with Crippen LogP contribution in [-0.2, 0) is 13.5 Å². The summed E-state index contributed by atoms with van der Waals surface area (Å²) >= 11 is 0. The number of aromatic nitrogens is 1. The van der Waals surface area contributed by atoms with E-state index in [1.54, 1.807) is 54.1 Å². The van der Waals surface area contributed by atoms with Gasteiger partial charge in [-0.05, 0) is 23.6 Å². The zero-order chi connectivity index (χ0) is 18.8. The topological polar surface area (TPSA) is 52.4 Å². The van der Waals surface area contributed by atoms with Crippen LogP contribution in [0, 0.1) is 12.4 Å². The van der Waals surface area contributed by atoms with Gasteiger partial charge in [-0.15, -0.1) is 0 Å². The van der Waals surface area contributed by atoms with Crippen LogP contribution in [0.4, 0.5) is 10.1 Å². The highest BCUT2D eigenvalue weighted by Crippen LogP contribution is 2.39. The molecule has 0 spiro atoms. The number of hydrogen-bond acceptors (Lipinski definition) is 1. The first kappa shape index (κ1) is 17.4. The maximum Gasteiger partial charge on any atom is 0.264 e. The summed E-state index contributed by atoms with van der Waals surface area (Å²) in [6.07, 6.45) is 0.613.